The summed E-state index contributed by atoms with van der Waals surface area (Å²) in [5, 5.41) is 5.36. The van der Waals surface area contributed by atoms with Gasteiger partial charge >= 0.3 is 0 Å². The monoisotopic (exact) mass is 691 g/mol. The Kier molecular flexibility index (Phi) is 11.0. The van der Waals surface area contributed by atoms with E-state index in [-0.39, 0.29) is 25.8 Å². The predicted molar refractivity (Wildman–Crippen MR) is 183 cm³/mol. The van der Waals surface area contributed by atoms with E-state index >= 15 is 0 Å². The number of hydrogen-bond donors (Lipinski definition) is 3. The average molecular weight is 692 g/mol. The first kappa shape index (κ1) is 35.9. The number of amides is 4. The first-order chi connectivity index (χ1) is 23.4. The van der Waals surface area contributed by atoms with Crippen LogP contribution in [-0.4, -0.2) is 92.3 Å². The van der Waals surface area contributed by atoms with Gasteiger partial charge in [0.1, 0.15) is 35.2 Å². The van der Waals surface area contributed by atoms with Crippen LogP contribution in [0.3, 0.4) is 0 Å². The summed E-state index contributed by atoms with van der Waals surface area (Å²) in [6.07, 6.45) is 8.72. The lowest BCUT2D eigenvalue weighted by molar-refractivity contribution is -0.141. The van der Waals surface area contributed by atoms with Crippen molar-refractivity contribution in [1.82, 2.24) is 25.2 Å². The molecule has 2 saturated carbocycles. The van der Waals surface area contributed by atoms with Crippen LogP contribution in [-0.2, 0) is 24.4 Å². The highest BCUT2D eigenvalue weighted by Crippen LogP contribution is 2.45. The minimum atomic E-state index is -3.88. The zero-order valence-electron chi connectivity index (χ0n) is 27.6. The molecule has 1 saturated heterocycles. The molecule has 1 aliphatic heterocycles. The Morgan fingerprint density at radius 2 is 1.94 bits per heavy atom. The molecule has 3 fully saturated rings. The normalized spacial score (nSPS) is 23.6. The lowest BCUT2D eigenvalue weighted by Crippen LogP contribution is -2.58. The summed E-state index contributed by atoms with van der Waals surface area (Å²) in [4.78, 5) is 59.3. The van der Waals surface area contributed by atoms with E-state index < -0.39 is 68.4 Å². The van der Waals surface area contributed by atoms with E-state index in [1.807, 2.05) is 6.08 Å². The zero-order valence-corrected chi connectivity index (χ0v) is 28.4. The van der Waals surface area contributed by atoms with Gasteiger partial charge in [0.2, 0.25) is 29.7 Å². The van der Waals surface area contributed by atoms with E-state index in [1.165, 1.54) is 11.0 Å². The highest BCUT2D eigenvalue weighted by molar-refractivity contribution is 7.91. The van der Waals surface area contributed by atoms with Gasteiger partial charge in [0.05, 0.1) is 24.4 Å². The second-order valence-electron chi connectivity index (χ2n) is 12.8. The summed E-state index contributed by atoms with van der Waals surface area (Å²) in [6, 6.07) is 4.90. The molecule has 5 unspecified atom stereocenters. The number of ether oxygens (including phenoxy) is 2. The number of pyridine rings is 1. The summed E-state index contributed by atoms with van der Waals surface area (Å²) in [7, 11) is 3.12. The molecule has 260 valence electrons. The summed E-state index contributed by atoms with van der Waals surface area (Å²) in [5.41, 5.74) is -0.914. The molecule has 5 rings (SSSR count). The van der Waals surface area contributed by atoms with E-state index in [4.69, 9.17) is 17.3 Å². The molecule has 0 bridgehead atoms. The van der Waals surface area contributed by atoms with Gasteiger partial charge in [0.15, 0.2) is 5.81 Å². The molecular weight excluding hydrogens is 649 g/mol. The third-order valence-electron chi connectivity index (χ3n) is 9.32. The van der Waals surface area contributed by atoms with Gasteiger partial charge in [-0.05, 0) is 56.7 Å². The standard InChI is InChI=1S/C34H42BN5O8S/c1-4-6-7-8-9-10-26(37-33(35)44)31(42)40-20-23(48-29-15-16-36-27-17-22(47-3)11-14-25(27)29)18-28(40)30(41)38-34(19-21(34)5-2)32(43)39-49(45,46)24-12-13-24/h4-5,11,14-17,21,23-24,26,28H,1-2,6-10,12-13,18-20H2,3H3,(H,37,44)(H,38,41)(H,39,43). The van der Waals surface area contributed by atoms with Gasteiger partial charge in [-0.1, -0.05) is 25.0 Å². The Morgan fingerprint density at radius 1 is 1.16 bits per heavy atom. The van der Waals surface area contributed by atoms with Crippen LogP contribution in [0.15, 0.2) is 55.8 Å². The van der Waals surface area contributed by atoms with Gasteiger partial charge in [0.25, 0.3) is 5.91 Å². The Hall–Kier alpha value is -4.40. The zero-order chi connectivity index (χ0) is 35.3. The number of carbonyl (C=O) groups excluding carboxylic acids is 4. The van der Waals surface area contributed by atoms with Crippen molar-refractivity contribution < 1.29 is 37.1 Å². The molecule has 2 heterocycles. The molecule has 13 nitrogen and oxygen atoms in total. The SMILES string of the molecule is [B]C(=O)NC(CCCCCC=C)C(=O)N1CC(Oc2ccnc3cc(OC)ccc23)CC1C(=O)NC1(C(=O)NS(=O)(=O)C2CC2)CC1C=C. The van der Waals surface area contributed by atoms with E-state index in [2.05, 4.69) is 33.5 Å². The minimum absolute atomic E-state index is 0.00948. The topological polar surface area (TPSA) is 173 Å². The lowest BCUT2D eigenvalue weighted by atomic mass is 10.0. The van der Waals surface area contributed by atoms with Gasteiger partial charge in [-0.25, -0.2) is 8.42 Å². The second-order valence-corrected chi connectivity index (χ2v) is 14.8. The highest BCUT2D eigenvalue weighted by Gasteiger charge is 2.62. The Labute approximate surface area is 287 Å². The molecule has 2 radical (unpaired) electrons. The second kappa shape index (κ2) is 15.0. The van der Waals surface area contributed by atoms with Crippen LogP contribution >= 0.6 is 0 Å². The van der Waals surface area contributed by atoms with Crippen molar-refractivity contribution in [3.05, 3.63) is 55.8 Å². The number of benzene rings is 1. The lowest BCUT2D eigenvalue weighted by Gasteiger charge is -2.30. The maximum Gasteiger partial charge on any atom is 0.259 e. The fourth-order valence-corrected chi connectivity index (χ4v) is 7.71. The molecule has 4 amide bonds. The van der Waals surface area contributed by atoms with Crippen molar-refractivity contribution in [1.29, 1.82) is 0 Å². The highest BCUT2D eigenvalue weighted by atomic mass is 32.2. The summed E-state index contributed by atoms with van der Waals surface area (Å²) < 4.78 is 39.1. The van der Waals surface area contributed by atoms with Crippen molar-refractivity contribution in [2.24, 2.45) is 5.92 Å². The van der Waals surface area contributed by atoms with Crippen LogP contribution in [0.4, 0.5) is 4.79 Å². The molecule has 15 heteroatoms. The number of hydrogen-bond acceptors (Lipinski definition) is 9. The molecule has 3 N–H and O–H groups in total. The number of carbonyl (C=O) groups is 4. The van der Waals surface area contributed by atoms with E-state index in [1.54, 1.807) is 37.6 Å². The molecule has 5 atom stereocenters. The number of fused-ring (bicyclic) bond motifs is 1. The Morgan fingerprint density at radius 3 is 2.59 bits per heavy atom. The predicted octanol–water partition coefficient (Wildman–Crippen LogP) is 2.64. The van der Waals surface area contributed by atoms with Crippen LogP contribution in [0.1, 0.15) is 57.8 Å². The van der Waals surface area contributed by atoms with Gasteiger partial charge in [0, 0.05) is 30.0 Å². The first-order valence-corrected chi connectivity index (χ1v) is 18.0. The minimum Gasteiger partial charge on any atom is -0.497 e. The number of likely N-dealkylation sites (tertiary alicyclic amines) is 1. The first-order valence-electron chi connectivity index (χ1n) is 16.5. The average Bonchev–Trinajstić information content (AvgIpc) is 4.00. The fraction of sp³-hybridized carbons (Fsp3) is 0.500. The number of rotatable bonds is 17. The van der Waals surface area contributed by atoms with Crippen molar-refractivity contribution >= 4 is 52.3 Å². The summed E-state index contributed by atoms with van der Waals surface area (Å²) >= 11 is 0. The number of aromatic nitrogens is 1. The van der Waals surface area contributed by atoms with Crippen LogP contribution in [0.5, 0.6) is 11.5 Å². The third-order valence-corrected chi connectivity index (χ3v) is 11.1. The van der Waals surface area contributed by atoms with Gasteiger partial charge in [-0.2, -0.15) is 0 Å². The Bertz CT molecular complexity index is 1730. The van der Waals surface area contributed by atoms with Crippen LogP contribution in [0, 0.1) is 5.92 Å². The molecule has 3 aliphatic rings. The van der Waals surface area contributed by atoms with Crippen LogP contribution in [0.2, 0.25) is 0 Å². The maximum atomic E-state index is 14.1. The van der Waals surface area contributed by atoms with Gasteiger partial charge < -0.3 is 25.0 Å². The van der Waals surface area contributed by atoms with Gasteiger partial charge in [-0.15, -0.1) is 13.2 Å². The molecule has 2 aliphatic carbocycles. The molecule has 0 spiro atoms. The number of nitrogens with zero attached hydrogens (tertiary/aromatic N) is 2. The van der Waals surface area contributed by atoms with Crippen molar-refractivity contribution in [3.8, 4) is 11.5 Å². The van der Waals surface area contributed by atoms with Crippen LogP contribution in [0.25, 0.3) is 10.9 Å². The molecular formula is C34H42BN5O8S. The molecule has 2 aromatic rings. The molecule has 1 aromatic heterocycles. The van der Waals surface area contributed by atoms with Crippen molar-refractivity contribution in [2.75, 3.05) is 13.7 Å². The molecule has 1 aromatic carbocycles. The van der Waals surface area contributed by atoms with E-state index in [0.717, 1.165) is 19.3 Å². The third kappa shape index (κ3) is 8.26. The van der Waals surface area contributed by atoms with E-state index in [9.17, 15) is 27.6 Å². The Balaban J connectivity index is 1.40. The van der Waals surface area contributed by atoms with Crippen LogP contribution < -0.4 is 24.8 Å². The quantitative estimate of drug-likeness (QED) is 0.128. The summed E-state index contributed by atoms with van der Waals surface area (Å²) in [6.45, 7) is 7.46. The van der Waals surface area contributed by atoms with Gasteiger partial charge in [-0.3, -0.25) is 28.9 Å². The van der Waals surface area contributed by atoms with Crippen molar-refractivity contribution in [2.45, 2.75) is 86.8 Å². The fourth-order valence-electron chi connectivity index (χ4n) is 6.35. The molecule has 49 heavy (non-hydrogen) atoms. The van der Waals surface area contributed by atoms with E-state index in [0.29, 0.717) is 41.7 Å². The smallest absolute Gasteiger partial charge is 0.259 e. The number of unbranched alkanes of at least 4 members (excludes halogenated alkanes) is 3. The number of sulfonamides is 1. The maximum absolute atomic E-state index is 14.1. The number of nitrogens with one attached hydrogen (secondary N) is 3. The summed E-state index contributed by atoms with van der Waals surface area (Å²) in [5.74, 6) is -2.31. The van der Waals surface area contributed by atoms with Crippen molar-refractivity contribution in [3.63, 3.8) is 0 Å². The number of methoxy groups -OCH3 is 1. The largest absolute Gasteiger partial charge is 0.497 e. The number of allylic oxidation sites excluding steroid dienone is 1.